The van der Waals surface area contributed by atoms with Gasteiger partial charge in [0.1, 0.15) is 6.29 Å². The first-order valence-corrected chi connectivity index (χ1v) is 4.66. The van der Waals surface area contributed by atoms with E-state index in [1.807, 2.05) is 36.4 Å². The smallest absolute Gasteiger partial charge is 0.123 e. The molecule has 0 unspecified atom stereocenters. The van der Waals surface area contributed by atoms with Gasteiger partial charge < -0.3 is 4.79 Å². The molecule has 0 aliphatic carbocycles. The van der Waals surface area contributed by atoms with E-state index in [-0.39, 0.29) is 0 Å². The lowest BCUT2D eigenvalue weighted by Crippen LogP contribution is -1.82. The summed E-state index contributed by atoms with van der Waals surface area (Å²) >= 11 is 5.74. The lowest BCUT2D eigenvalue weighted by atomic mass is 10.1. The highest BCUT2D eigenvalue weighted by Crippen LogP contribution is 2.12. The minimum Gasteiger partial charge on any atom is -0.303 e. The molecular formula is C11H11ClO. The van der Waals surface area contributed by atoms with Crippen LogP contribution in [-0.4, -0.2) is 6.29 Å². The summed E-state index contributed by atoms with van der Waals surface area (Å²) in [7, 11) is 0. The monoisotopic (exact) mass is 194 g/mol. The van der Waals surface area contributed by atoms with Gasteiger partial charge in [0.2, 0.25) is 0 Å². The number of rotatable bonds is 4. The van der Waals surface area contributed by atoms with Crippen LogP contribution in [0, 0.1) is 0 Å². The first-order chi connectivity index (χ1) is 6.38. The average molecular weight is 195 g/mol. The second-order valence-electron chi connectivity index (χ2n) is 2.64. The van der Waals surface area contributed by atoms with Crippen LogP contribution in [0.15, 0.2) is 30.3 Å². The van der Waals surface area contributed by atoms with Crippen molar-refractivity contribution in [2.45, 2.75) is 12.3 Å². The van der Waals surface area contributed by atoms with E-state index in [0.717, 1.165) is 17.4 Å². The van der Waals surface area contributed by atoms with Gasteiger partial charge in [-0.05, 0) is 11.1 Å². The number of alkyl halides is 1. The number of hydrogen-bond acceptors (Lipinski definition) is 1. The zero-order valence-electron chi connectivity index (χ0n) is 7.24. The molecule has 0 heterocycles. The van der Waals surface area contributed by atoms with Crippen LogP contribution in [0.1, 0.15) is 17.5 Å². The van der Waals surface area contributed by atoms with Gasteiger partial charge in [-0.25, -0.2) is 0 Å². The fourth-order valence-corrected chi connectivity index (χ4v) is 1.31. The molecule has 1 rings (SSSR count). The third-order valence-electron chi connectivity index (χ3n) is 1.73. The van der Waals surface area contributed by atoms with Gasteiger partial charge >= 0.3 is 0 Å². The van der Waals surface area contributed by atoms with Gasteiger partial charge in [0.05, 0.1) is 0 Å². The first kappa shape index (κ1) is 10.0. The van der Waals surface area contributed by atoms with Crippen molar-refractivity contribution in [3.8, 4) is 0 Å². The van der Waals surface area contributed by atoms with Crippen molar-refractivity contribution in [2.24, 2.45) is 0 Å². The van der Waals surface area contributed by atoms with E-state index in [4.69, 9.17) is 11.6 Å². The van der Waals surface area contributed by atoms with Crippen molar-refractivity contribution in [3.63, 3.8) is 0 Å². The number of aldehydes is 1. The number of hydrogen-bond donors (Lipinski definition) is 0. The van der Waals surface area contributed by atoms with Gasteiger partial charge in [0.25, 0.3) is 0 Å². The molecule has 13 heavy (non-hydrogen) atoms. The van der Waals surface area contributed by atoms with Crippen LogP contribution in [0.3, 0.4) is 0 Å². The lowest BCUT2D eigenvalue weighted by Gasteiger charge is -1.99. The molecule has 0 saturated carbocycles. The zero-order valence-corrected chi connectivity index (χ0v) is 8.00. The highest BCUT2D eigenvalue weighted by Gasteiger charge is 1.94. The fourth-order valence-electron chi connectivity index (χ4n) is 1.07. The Balaban J connectivity index is 2.80. The van der Waals surface area contributed by atoms with Crippen LogP contribution in [0.2, 0.25) is 0 Å². The highest BCUT2D eigenvalue weighted by molar-refractivity contribution is 6.17. The third-order valence-corrected chi connectivity index (χ3v) is 2.02. The molecule has 1 nitrogen and oxygen atoms in total. The molecule has 1 aromatic rings. The molecule has 68 valence electrons. The van der Waals surface area contributed by atoms with E-state index in [1.54, 1.807) is 0 Å². The molecule has 0 aliphatic rings. The van der Waals surface area contributed by atoms with E-state index in [9.17, 15) is 4.79 Å². The number of benzene rings is 1. The molecule has 0 aliphatic heterocycles. The van der Waals surface area contributed by atoms with E-state index >= 15 is 0 Å². The predicted molar refractivity (Wildman–Crippen MR) is 55.7 cm³/mol. The Kier molecular flexibility index (Phi) is 4.27. The van der Waals surface area contributed by atoms with E-state index < -0.39 is 0 Å². The standard InChI is InChI=1S/C11H11ClO/c12-9-11-7-2-1-5-10(11)6-3-4-8-13/h1-3,5-8H,4,9H2. The maximum absolute atomic E-state index is 10.1. The second kappa shape index (κ2) is 5.55. The van der Waals surface area contributed by atoms with Crippen LogP contribution < -0.4 is 0 Å². The van der Waals surface area contributed by atoms with Gasteiger partial charge in [-0.2, -0.15) is 0 Å². The lowest BCUT2D eigenvalue weighted by molar-refractivity contribution is -0.107. The molecule has 0 amide bonds. The third kappa shape index (κ3) is 3.03. The second-order valence-corrected chi connectivity index (χ2v) is 2.90. The van der Waals surface area contributed by atoms with Crippen LogP contribution in [-0.2, 0) is 10.7 Å². The average Bonchev–Trinajstić information content (AvgIpc) is 2.19. The molecule has 0 atom stereocenters. The largest absolute Gasteiger partial charge is 0.303 e. The molecule has 0 aromatic heterocycles. The Bertz CT molecular complexity index is 305. The summed E-state index contributed by atoms with van der Waals surface area (Å²) in [5, 5.41) is 0. The van der Waals surface area contributed by atoms with Crippen molar-refractivity contribution < 1.29 is 4.79 Å². The zero-order chi connectivity index (χ0) is 9.52. The molecule has 0 fully saturated rings. The van der Waals surface area contributed by atoms with Gasteiger partial charge in [0, 0.05) is 12.3 Å². The fraction of sp³-hybridized carbons (Fsp3) is 0.182. The predicted octanol–water partition coefficient (Wildman–Crippen LogP) is 3.03. The van der Waals surface area contributed by atoms with Crippen molar-refractivity contribution in [1.29, 1.82) is 0 Å². The Hall–Kier alpha value is -1.08. The molecule has 2 heteroatoms. The van der Waals surface area contributed by atoms with Crippen molar-refractivity contribution >= 4 is 24.0 Å². The number of halogens is 1. The Labute approximate surface area is 83.0 Å². The van der Waals surface area contributed by atoms with Crippen LogP contribution >= 0.6 is 11.6 Å². The van der Waals surface area contributed by atoms with Crippen molar-refractivity contribution in [3.05, 3.63) is 41.5 Å². The van der Waals surface area contributed by atoms with Crippen LogP contribution in [0.25, 0.3) is 6.08 Å². The van der Waals surface area contributed by atoms with Crippen molar-refractivity contribution in [2.75, 3.05) is 0 Å². The molecule has 0 N–H and O–H groups in total. The van der Waals surface area contributed by atoms with E-state index in [0.29, 0.717) is 12.3 Å². The molecular weight excluding hydrogens is 184 g/mol. The number of carbonyl (C=O) groups excluding carboxylic acids is 1. The van der Waals surface area contributed by atoms with Gasteiger partial charge in [-0.1, -0.05) is 36.4 Å². The Morgan fingerprint density at radius 3 is 2.77 bits per heavy atom. The van der Waals surface area contributed by atoms with Crippen molar-refractivity contribution in [1.82, 2.24) is 0 Å². The van der Waals surface area contributed by atoms with Gasteiger partial charge in [-0.15, -0.1) is 11.6 Å². The van der Waals surface area contributed by atoms with E-state index in [2.05, 4.69) is 0 Å². The summed E-state index contributed by atoms with van der Waals surface area (Å²) < 4.78 is 0. The minimum atomic E-state index is 0.455. The van der Waals surface area contributed by atoms with Crippen LogP contribution in [0.4, 0.5) is 0 Å². The van der Waals surface area contributed by atoms with Crippen LogP contribution in [0.5, 0.6) is 0 Å². The normalized spacial score (nSPS) is 10.5. The SMILES string of the molecule is O=CCC=Cc1ccccc1CCl. The summed E-state index contributed by atoms with van der Waals surface area (Å²) in [5.41, 5.74) is 2.17. The van der Waals surface area contributed by atoms with E-state index in [1.165, 1.54) is 0 Å². The molecule has 0 spiro atoms. The highest BCUT2D eigenvalue weighted by atomic mass is 35.5. The molecule has 1 aromatic carbocycles. The Morgan fingerprint density at radius 1 is 1.31 bits per heavy atom. The first-order valence-electron chi connectivity index (χ1n) is 4.12. The number of carbonyl (C=O) groups is 1. The summed E-state index contributed by atoms with van der Waals surface area (Å²) in [5.74, 6) is 0.502. The minimum absolute atomic E-state index is 0.455. The summed E-state index contributed by atoms with van der Waals surface area (Å²) in [6.45, 7) is 0. The molecule has 0 saturated heterocycles. The Morgan fingerprint density at radius 2 is 2.08 bits per heavy atom. The summed E-state index contributed by atoms with van der Waals surface area (Å²) in [6, 6.07) is 7.87. The number of allylic oxidation sites excluding steroid dienone is 1. The van der Waals surface area contributed by atoms with Gasteiger partial charge in [-0.3, -0.25) is 0 Å². The topological polar surface area (TPSA) is 17.1 Å². The van der Waals surface area contributed by atoms with Gasteiger partial charge in [0.15, 0.2) is 0 Å². The quantitative estimate of drug-likeness (QED) is 0.532. The summed E-state index contributed by atoms with van der Waals surface area (Å²) in [6.07, 6.45) is 5.08. The summed E-state index contributed by atoms with van der Waals surface area (Å²) in [4.78, 5) is 10.1. The maximum Gasteiger partial charge on any atom is 0.123 e. The molecule has 0 bridgehead atoms. The molecule has 0 radical (unpaired) electrons. The maximum atomic E-state index is 10.1.